The fourth-order valence-electron chi connectivity index (χ4n) is 1.34. The predicted octanol–water partition coefficient (Wildman–Crippen LogP) is 1.90. The summed E-state index contributed by atoms with van der Waals surface area (Å²) in [7, 11) is 0. The summed E-state index contributed by atoms with van der Waals surface area (Å²) in [5.74, 6) is -3.09. The van der Waals surface area contributed by atoms with Gasteiger partial charge in [0.2, 0.25) is 5.54 Å². The Balaban J connectivity index is 2.67. The molecule has 0 bridgehead atoms. The fourth-order valence-corrected chi connectivity index (χ4v) is 1.34. The number of carboxylic acids is 1. The van der Waals surface area contributed by atoms with Crippen LogP contribution in [-0.2, 0) is 9.59 Å². The second-order valence-corrected chi connectivity index (χ2v) is 4.58. The molecule has 0 spiro atoms. The molecule has 2 N–H and O–H groups in total. The first-order chi connectivity index (χ1) is 9.56. The van der Waals surface area contributed by atoms with Crippen LogP contribution in [0.3, 0.4) is 0 Å². The lowest BCUT2D eigenvalue weighted by Crippen LogP contribution is -2.62. The van der Waals surface area contributed by atoms with Gasteiger partial charge in [0.1, 0.15) is 5.75 Å². The standard InChI is InChI=1S/C13H14F3NO4/c1-8-3-5-9(6-4-8)21-7-10(18)17-12(2,11(19)20)13(14,15)16/h3-6H,7H2,1-2H3,(H,17,18)(H,19,20). The zero-order chi connectivity index (χ0) is 16.3. The van der Waals surface area contributed by atoms with Gasteiger partial charge >= 0.3 is 12.1 Å². The van der Waals surface area contributed by atoms with Crippen molar-refractivity contribution in [1.82, 2.24) is 5.32 Å². The molecule has 1 aromatic rings. The zero-order valence-electron chi connectivity index (χ0n) is 11.3. The highest BCUT2D eigenvalue weighted by molar-refractivity contribution is 5.88. The molecule has 5 nitrogen and oxygen atoms in total. The summed E-state index contributed by atoms with van der Waals surface area (Å²) >= 11 is 0. The Hall–Kier alpha value is -2.25. The first-order valence-corrected chi connectivity index (χ1v) is 5.87. The van der Waals surface area contributed by atoms with Crippen LogP contribution in [0.5, 0.6) is 5.75 Å². The van der Waals surface area contributed by atoms with Crippen molar-refractivity contribution < 1.29 is 32.6 Å². The average Bonchev–Trinajstić information content (AvgIpc) is 2.36. The number of carboxylic acid groups (broad SMARTS) is 1. The number of alkyl halides is 3. The van der Waals surface area contributed by atoms with Crippen molar-refractivity contribution in [2.45, 2.75) is 25.6 Å². The van der Waals surface area contributed by atoms with Gasteiger partial charge in [-0.05, 0) is 26.0 Å². The summed E-state index contributed by atoms with van der Waals surface area (Å²) in [5.41, 5.74) is -2.41. The molecule has 1 atom stereocenters. The molecular weight excluding hydrogens is 291 g/mol. The number of carbonyl (C=O) groups is 2. The molecule has 0 aromatic heterocycles. The maximum atomic E-state index is 12.7. The molecule has 0 radical (unpaired) electrons. The summed E-state index contributed by atoms with van der Waals surface area (Å²) in [6.45, 7) is 1.49. The Labute approximate surface area is 118 Å². The third kappa shape index (κ3) is 4.11. The van der Waals surface area contributed by atoms with Gasteiger partial charge in [0.25, 0.3) is 5.91 Å². The largest absolute Gasteiger partial charge is 0.484 e. The molecule has 1 amide bonds. The van der Waals surface area contributed by atoms with Crippen molar-refractivity contribution in [2.75, 3.05) is 6.61 Å². The maximum absolute atomic E-state index is 12.7. The van der Waals surface area contributed by atoms with Crippen molar-refractivity contribution in [1.29, 1.82) is 0 Å². The number of aryl methyl sites for hydroxylation is 1. The first kappa shape index (κ1) is 16.8. The number of hydrogen-bond acceptors (Lipinski definition) is 3. The summed E-state index contributed by atoms with van der Waals surface area (Å²) in [6.07, 6.45) is -5.13. The molecule has 0 aliphatic carbocycles. The molecule has 1 aromatic carbocycles. The van der Waals surface area contributed by atoms with Crippen molar-refractivity contribution in [3.05, 3.63) is 29.8 Å². The average molecular weight is 305 g/mol. The van der Waals surface area contributed by atoms with E-state index in [2.05, 4.69) is 0 Å². The predicted molar refractivity (Wildman–Crippen MR) is 66.9 cm³/mol. The first-order valence-electron chi connectivity index (χ1n) is 5.87. The number of carbonyl (C=O) groups excluding carboxylic acids is 1. The van der Waals surface area contributed by atoms with Crippen LogP contribution in [0.4, 0.5) is 13.2 Å². The second-order valence-electron chi connectivity index (χ2n) is 4.58. The number of halogens is 3. The normalized spacial score (nSPS) is 14.1. The van der Waals surface area contributed by atoms with E-state index in [1.165, 1.54) is 5.32 Å². The quantitative estimate of drug-likeness (QED) is 0.871. The van der Waals surface area contributed by atoms with Gasteiger partial charge in [-0.15, -0.1) is 0 Å². The molecule has 116 valence electrons. The minimum atomic E-state index is -5.13. The molecule has 21 heavy (non-hydrogen) atoms. The Morgan fingerprint density at radius 2 is 1.76 bits per heavy atom. The van der Waals surface area contributed by atoms with E-state index in [4.69, 9.17) is 9.84 Å². The Morgan fingerprint density at radius 1 is 1.24 bits per heavy atom. The zero-order valence-corrected chi connectivity index (χ0v) is 11.3. The molecule has 1 unspecified atom stereocenters. The highest BCUT2D eigenvalue weighted by atomic mass is 19.4. The number of hydrogen-bond donors (Lipinski definition) is 2. The lowest BCUT2D eigenvalue weighted by atomic mass is 10.0. The SMILES string of the molecule is Cc1ccc(OCC(=O)NC(C)(C(=O)O)C(F)(F)F)cc1. The third-order valence-corrected chi connectivity index (χ3v) is 2.78. The van der Waals surface area contributed by atoms with Gasteiger partial charge in [-0.1, -0.05) is 17.7 Å². The molecule has 0 aliphatic heterocycles. The summed E-state index contributed by atoms with van der Waals surface area (Å²) in [4.78, 5) is 22.2. The number of amides is 1. The number of ether oxygens (including phenoxy) is 1. The van der Waals surface area contributed by atoms with Crippen molar-refractivity contribution in [3.63, 3.8) is 0 Å². The van der Waals surface area contributed by atoms with E-state index >= 15 is 0 Å². The summed E-state index contributed by atoms with van der Waals surface area (Å²) in [6, 6.07) is 6.49. The van der Waals surface area contributed by atoms with Gasteiger partial charge in [-0.25, -0.2) is 4.79 Å². The highest BCUT2D eigenvalue weighted by Crippen LogP contribution is 2.30. The van der Waals surface area contributed by atoms with Gasteiger partial charge in [0.05, 0.1) is 0 Å². The molecule has 8 heteroatoms. The molecule has 0 heterocycles. The Bertz CT molecular complexity index is 527. The minimum absolute atomic E-state index is 0.291. The van der Waals surface area contributed by atoms with Crippen LogP contribution >= 0.6 is 0 Å². The van der Waals surface area contributed by atoms with Gasteiger partial charge in [0.15, 0.2) is 6.61 Å². The molecule has 0 saturated carbocycles. The van der Waals surface area contributed by atoms with E-state index in [1.807, 2.05) is 6.92 Å². The van der Waals surface area contributed by atoms with Crippen LogP contribution in [0.15, 0.2) is 24.3 Å². The van der Waals surface area contributed by atoms with E-state index in [1.54, 1.807) is 24.3 Å². The molecular formula is C13H14F3NO4. The lowest BCUT2D eigenvalue weighted by Gasteiger charge is -2.28. The maximum Gasteiger partial charge on any atom is 0.422 e. The Morgan fingerprint density at radius 3 is 2.19 bits per heavy atom. The Kier molecular flexibility index (Phi) is 4.82. The number of rotatable bonds is 5. The lowest BCUT2D eigenvalue weighted by molar-refractivity contribution is -0.207. The fraction of sp³-hybridized carbons (Fsp3) is 0.385. The van der Waals surface area contributed by atoms with Crippen molar-refractivity contribution in [2.24, 2.45) is 0 Å². The number of nitrogens with one attached hydrogen (secondary N) is 1. The van der Waals surface area contributed by atoms with Crippen LogP contribution < -0.4 is 10.1 Å². The number of benzene rings is 1. The van der Waals surface area contributed by atoms with Crippen LogP contribution in [0.2, 0.25) is 0 Å². The topological polar surface area (TPSA) is 75.6 Å². The monoisotopic (exact) mass is 305 g/mol. The van der Waals surface area contributed by atoms with Crippen LogP contribution in [0, 0.1) is 6.92 Å². The van der Waals surface area contributed by atoms with E-state index in [0.717, 1.165) is 5.56 Å². The summed E-state index contributed by atoms with van der Waals surface area (Å²) in [5, 5.41) is 10.1. The second kappa shape index (κ2) is 6.02. The third-order valence-electron chi connectivity index (χ3n) is 2.78. The van der Waals surface area contributed by atoms with Gasteiger partial charge < -0.3 is 15.2 Å². The van der Waals surface area contributed by atoms with E-state index < -0.39 is 30.2 Å². The van der Waals surface area contributed by atoms with Gasteiger partial charge in [0, 0.05) is 0 Å². The highest BCUT2D eigenvalue weighted by Gasteiger charge is 2.58. The van der Waals surface area contributed by atoms with Crippen LogP contribution in [0.25, 0.3) is 0 Å². The van der Waals surface area contributed by atoms with E-state index in [9.17, 15) is 22.8 Å². The van der Waals surface area contributed by atoms with E-state index in [-0.39, 0.29) is 0 Å². The van der Waals surface area contributed by atoms with Crippen molar-refractivity contribution >= 4 is 11.9 Å². The van der Waals surface area contributed by atoms with Crippen molar-refractivity contribution in [3.8, 4) is 5.75 Å². The van der Waals surface area contributed by atoms with Gasteiger partial charge in [-0.3, -0.25) is 4.79 Å². The number of aliphatic carboxylic acids is 1. The smallest absolute Gasteiger partial charge is 0.422 e. The van der Waals surface area contributed by atoms with E-state index in [0.29, 0.717) is 12.7 Å². The van der Waals surface area contributed by atoms with Crippen LogP contribution in [0.1, 0.15) is 12.5 Å². The summed E-state index contributed by atoms with van der Waals surface area (Å²) < 4.78 is 43.0. The minimum Gasteiger partial charge on any atom is -0.484 e. The van der Waals surface area contributed by atoms with Crippen LogP contribution in [-0.4, -0.2) is 35.3 Å². The molecule has 0 aliphatic rings. The van der Waals surface area contributed by atoms with Gasteiger partial charge in [-0.2, -0.15) is 13.2 Å². The molecule has 1 rings (SSSR count). The molecule has 0 saturated heterocycles. The molecule has 0 fully saturated rings.